The van der Waals surface area contributed by atoms with Gasteiger partial charge in [0.05, 0.1) is 39.9 Å². The van der Waals surface area contributed by atoms with Crippen molar-refractivity contribution < 1.29 is 32.9 Å². The number of unbranched alkanes of at least 4 members (excludes halogenated alkanes) is 25. The maximum absolute atomic E-state index is 12.9. The van der Waals surface area contributed by atoms with Crippen LogP contribution in [0.5, 0.6) is 0 Å². The second kappa shape index (κ2) is 41.8. The van der Waals surface area contributed by atoms with Crippen molar-refractivity contribution in [2.45, 2.75) is 225 Å². The third-order valence-electron chi connectivity index (χ3n) is 10.7. The molecule has 0 saturated heterocycles. The number of hydrogen-bond acceptors (Lipinski definition) is 5. The van der Waals surface area contributed by atoms with Crippen LogP contribution < -0.4 is 5.32 Å². The fourth-order valence-electron chi connectivity index (χ4n) is 6.84. The zero-order valence-corrected chi connectivity index (χ0v) is 40.1. The molecular formula is C50H96N2O6P+. The van der Waals surface area contributed by atoms with Crippen molar-refractivity contribution >= 4 is 13.7 Å². The topological polar surface area (TPSA) is 105 Å². The van der Waals surface area contributed by atoms with Crippen LogP contribution >= 0.6 is 7.82 Å². The van der Waals surface area contributed by atoms with Crippen molar-refractivity contribution in [3.63, 3.8) is 0 Å². The molecule has 0 aliphatic carbocycles. The van der Waals surface area contributed by atoms with Gasteiger partial charge >= 0.3 is 7.82 Å². The van der Waals surface area contributed by atoms with Crippen molar-refractivity contribution in [2.24, 2.45) is 0 Å². The lowest BCUT2D eigenvalue weighted by molar-refractivity contribution is -0.870. The summed E-state index contributed by atoms with van der Waals surface area (Å²) in [4.78, 5) is 23.1. The van der Waals surface area contributed by atoms with Crippen molar-refractivity contribution in [1.82, 2.24) is 5.32 Å². The van der Waals surface area contributed by atoms with E-state index in [9.17, 15) is 19.4 Å². The SMILES string of the molecule is CCC/C=C/CC/C=C/CC/C=C/C(O)C(COP(=O)(O)OCC[N+](C)(C)C)NC(=O)CCCCCCCCCCCC/C=C\CCCCCCCCCCCCCC. The minimum atomic E-state index is -4.35. The monoisotopic (exact) mass is 852 g/mol. The molecule has 0 aromatic rings. The molecule has 0 rings (SSSR count). The van der Waals surface area contributed by atoms with Crippen LogP contribution in [0.4, 0.5) is 0 Å². The first-order chi connectivity index (χ1) is 28.5. The number of hydrogen-bond donors (Lipinski definition) is 3. The lowest BCUT2D eigenvalue weighted by atomic mass is 10.0. The predicted molar refractivity (Wildman–Crippen MR) is 254 cm³/mol. The molecule has 0 aliphatic heterocycles. The number of phosphoric acid groups is 1. The second-order valence-electron chi connectivity index (χ2n) is 17.8. The van der Waals surface area contributed by atoms with Gasteiger partial charge in [0.15, 0.2) is 0 Å². The van der Waals surface area contributed by atoms with E-state index < -0.39 is 20.0 Å². The number of carbonyl (C=O) groups is 1. The molecule has 59 heavy (non-hydrogen) atoms. The Morgan fingerprint density at radius 2 is 0.966 bits per heavy atom. The maximum atomic E-state index is 12.9. The van der Waals surface area contributed by atoms with E-state index in [1.165, 1.54) is 141 Å². The number of likely N-dealkylation sites (N-methyl/N-ethyl adjacent to an activating group) is 1. The van der Waals surface area contributed by atoms with Crippen LogP contribution in [0.25, 0.3) is 0 Å². The number of nitrogens with one attached hydrogen (secondary N) is 1. The Morgan fingerprint density at radius 1 is 0.559 bits per heavy atom. The summed E-state index contributed by atoms with van der Waals surface area (Å²) in [5, 5.41) is 13.8. The number of quaternary nitrogens is 1. The lowest BCUT2D eigenvalue weighted by Crippen LogP contribution is -2.45. The van der Waals surface area contributed by atoms with Crippen molar-refractivity contribution in [3.05, 3.63) is 48.6 Å². The molecule has 0 aromatic heterocycles. The molecule has 0 fully saturated rings. The number of amides is 1. The Hall–Kier alpha value is -1.54. The van der Waals surface area contributed by atoms with Crippen LogP contribution in [-0.4, -0.2) is 73.4 Å². The normalized spacial score (nSPS) is 14.6. The molecule has 0 bridgehead atoms. The van der Waals surface area contributed by atoms with Gasteiger partial charge in [-0.1, -0.05) is 191 Å². The highest BCUT2D eigenvalue weighted by molar-refractivity contribution is 7.47. The average Bonchev–Trinajstić information content (AvgIpc) is 3.19. The number of rotatable bonds is 44. The number of nitrogens with zero attached hydrogens (tertiary/aromatic N) is 1. The third-order valence-corrected chi connectivity index (χ3v) is 11.7. The van der Waals surface area contributed by atoms with Gasteiger partial charge in [0, 0.05) is 6.42 Å². The molecule has 1 amide bonds. The van der Waals surface area contributed by atoms with E-state index in [0.717, 1.165) is 51.4 Å². The van der Waals surface area contributed by atoms with Gasteiger partial charge in [-0.25, -0.2) is 4.57 Å². The van der Waals surface area contributed by atoms with Gasteiger partial charge < -0.3 is 19.8 Å². The molecule has 0 aromatic carbocycles. The maximum Gasteiger partial charge on any atom is 0.472 e. The van der Waals surface area contributed by atoms with E-state index in [4.69, 9.17) is 9.05 Å². The fourth-order valence-corrected chi connectivity index (χ4v) is 7.58. The zero-order valence-electron chi connectivity index (χ0n) is 39.2. The smallest absolute Gasteiger partial charge is 0.387 e. The van der Waals surface area contributed by atoms with E-state index in [1.807, 2.05) is 27.2 Å². The Bertz CT molecular complexity index is 1100. The quantitative estimate of drug-likeness (QED) is 0.0244. The summed E-state index contributed by atoms with van der Waals surface area (Å²) in [7, 11) is 1.54. The summed E-state index contributed by atoms with van der Waals surface area (Å²) in [5.41, 5.74) is 0. The summed E-state index contributed by atoms with van der Waals surface area (Å²) in [6, 6.07) is -0.869. The second-order valence-corrected chi connectivity index (χ2v) is 19.3. The molecule has 3 unspecified atom stereocenters. The van der Waals surface area contributed by atoms with Crippen molar-refractivity contribution in [1.29, 1.82) is 0 Å². The van der Waals surface area contributed by atoms with Gasteiger partial charge in [-0.15, -0.1) is 0 Å². The molecule has 9 heteroatoms. The van der Waals surface area contributed by atoms with Crippen LogP contribution in [0.1, 0.15) is 213 Å². The van der Waals surface area contributed by atoms with Crippen LogP contribution in [0.3, 0.4) is 0 Å². The first-order valence-corrected chi connectivity index (χ1v) is 26.0. The molecule has 8 nitrogen and oxygen atoms in total. The molecule has 0 spiro atoms. The molecule has 346 valence electrons. The van der Waals surface area contributed by atoms with Crippen LogP contribution in [0, 0.1) is 0 Å². The molecule has 0 aliphatic rings. The summed E-state index contributed by atoms with van der Waals surface area (Å²) in [5.74, 6) is -0.195. The Kier molecular flexibility index (Phi) is 40.7. The van der Waals surface area contributed by atoms with Crippen molar-refractivity contribution in [2.75, 3.05) is 40.9 Å². The molecule has 0 heterocycles. The highest BCUT2D eigenvalue weighted by Gasteiger charge is 2.27. The van der Waals surface area contributed by atoms with E-state index >= 15 is 0 Å². The molecule has 0 radical (unpaired) electrons. The summed E-state index contributed by atoms with van der Waals surface area (Å²) >= 11 is 0. The molecule has 0 saturated carbocycles. The van der Waals surface area contributed by atoms with Crippen LogP contribution in [0.2, 0.25) is 0 Å². The summed E-state index contributed by atoms with van der Waals surface area (Å²) in [6.07, 6.45) is 53.5. The third kappa shape index (κ3) is 44.3. The van der Waals surface area contributed by atoms with Crippen molar-refractivity contribution in [3.8, 4) is 0 Å². The Balaban J connectivity index is 4.18. The summed E-state index contributed by atoms with van der Waals surface area (Å²) in [6.45, 7) is 4.71. The van der Waals surface area contributed by atoms with Gasteiger partial charge in [0.25, 0.3) is 0 Å². The van der Waals surface area contributed by atoms with E-state index in [1.54, 1.807) is 6.08 Å². The number of carbonyl (C=O) groups excluding carboxylic acids is 1. The van der Waals surface area contributed by atoms with Crippen LogP contribution in [-0.2, 0) is 18.4 Å². The van der Waals surface area contributed by atoms with E-state index in [2.05, 4.69) is 55.6 Å². The number of allylic oxidation sites excluding steroid dienone is 7. The standard InChI is InChI=1S/C50H95N2O6P/c1-6-8-10-12-14-16-18-19-20-21-22-23-24-25-26-27-28-29-30-31-32-34-36-38-40-42-44-50(54)51-48(47-58-59(55,56)57-46-45-52(3,4)5)49(53)43-41-39-37-35-33-17-15-13-11-9-7-2/h11,13,25-26,33,35,41,43,48-49,53H,6-10,12,14-24,27-32,34,36-40,42,44-47H2,1-5H3,(H-,51,54,55,56)/p+1/b13-11+,26-25-,35-33+,43-41+. The highest BCUT2D eigenvalue weighted by atomic mass is 31.2. The van der Waals surface area contributed by atoms with Gasteiger partial charge in [-0.05, 0) is 64.2 Å². The Labute approximate surface area is 365 Å². The van der Waals surface area contributed by atoms with Gasteiger partial charge in [-0.2, -0.15) is 0 Å². The fraction of sp³-hybridized carbons (Fsp3) is 0.820. The van der Waals surface area contributed by atoms with E-state index in [0.29, 0.717) is 17.4 Å². The van der Waals surface area contributed by atoms with Gasteiger partial charge in [-0.3, -0.25) is 13.8 Å². The molecule has 3 N–H and O–H groups in total. The Morgan fingerprint density at radius 3 is 1.42 bits per heavy atom. The number of aliphatic hydroxyl groups is 1. The molecule has 3 atom stereocenters. The van der Waals surface area contributed by atoms with Gasteiger partial charge in [0.1, 0.15) is 13.2 Å². The minimum Gasteiger partial charge on any atom is -0.387 e. The number of phosphoric ester groups is 1. The largest absolute Gasteiger partial charge is 0.472 e. The summed E-state index contributed by atoms with van der Waals surface area (Å²) < 4.78 is 23.5. The lowest BCUT2D eigenvalue weighted by Gasteiger charge is -2.25. The first kappa shape index (κ1) is 57.5. The minimum absolute atomic E-state index is 0.0523. The van der Waals surface area contributed by atoms with E-state index in [-0.39, 0.29) is 19.1 Å². The van der Waals surface area contributed by atoms with Crippen LogP contribution in [0.15, 0.2) is 48.6 Å². The first-order valence-electron chi connectivity index (χ1n) is 24.5. The van der Waals surface area contributed by atoms with Gasteiger partial charge in [0.2, 0.25) is 5.91 Å². The molecular weight excluding hydrogens is 756 g/mol. The number of aliphatic hydroxyl groups excluding tert-OH is 1. The average molecular weight is 852 g/mol. The highest BCUT2D eigenvalue weighted by Crippen LogP contribution is 2.43. The predicted octanol–water partition coefficient (Wildman–Crippen LogP) is 14.0. The zero-order chi connectivity index (χ0) is 43.6.